The number of methoxy groups -OCH3 is 1. The number of Topliss-reactive ketones (excluding diaryl/α,β-unsaturated/α-hetero) is 1. The number of H-pyrrole nitrogens is 2. The number of para-hydroxylation sites is 2. The number of aliphatic hydroxyl groups excluding tert-OH is 2. The molecule has 9 atom stereocenters. The maximum atomic E-state index is 14.9. The van der Waals surface area contributed by atoms with Gasteiger partial charge in [0.1, 0.15) is 67.2 Å². The lowest BCUT2D eigenvalue weighted by molar-refractivity contribution is -0.141. The molecule has 12 amide bonds. The van der Waals surface area contributed by atoms with Gasteiger partial charge in [-0.05, 0) is 97.2 Å². The summed E-state index contributed by atoms with van der Waals surface area (Å²) in [6.07, 6.45) is 3.75. The Kier molecular flexibility index (Phi) is 38.1. The molecular weight excluding hydrogens is 1570 g/mol. The van der Waals surface area contributed by atoms with Gasteiger partial charge in [0, 0.05) is 94.8 Å². The minimum absolute atomic E-state index is 0.0636. The number of nitrogens with zero attached hydrogens (tertiary/aromatic N) is 4. The van der Waals surface area contributed by atoms with E-state index >= 15 is 0 Å². The predicted octanol–water partition coefficient (Wildman–Crippen LogP) is -0.758. The van der Waals surface area contributed by atoms with Crippen LogP contribution >= 0.6 is 11.8 Å². The van der Waals surface area contributed by atoms with Crippen molar-refractivity contribution in [3.8, 4) is 5.75 Å². The number of fused-ring (bicyclic) bond motifs is 1. The molecule has 19 N–H and O–H groups in total. The second kappa shape index (κ2) is 48.6. The van der Waals surface area contributed by atoms with Crippen molar-refractivity contribution >= 4 is 117 Å². The topological polar surface area (TPSA) is 553 Å². The highest BCUT2D eigenvalue weighted by Crippen LogP contribution is 2.22. The van der Waals surface area contributed by atoms with Crippen LogP contribution in [0.2, 0.25) is 0 Å². The summed E-state index contributed by atoms with van der Waals surface area (Å²) in [6.45, 7) is -1.28. The maximum Gasteiger partial charge on any atom is 0.303 e. The van der Waals surface area contributed by atoms with E-state index in [9.17, 15) is 87.5 Å². The smallest absolute Gasteiger partial charge is 0.303 e. The van der Waals surface area contributed by atoms with Gasteiger partial charge in [-0.3, -0.25) is 72.5 Å². The zero-order valence-corrected chi connectivity index (χ0v) is 67.6. The van der Waals surface area contributed by atoms with E-state index in [1.807, 2.05) is 24.3 Å². The van der Waals surface area contributed by atoms with Gasteiger partial charge in [0.2, 0.25) is 70.9 Å². The Morgan fingerprint density at radius 3 is 1.55 bits per heavy atom. The number of nitrogens with one attached hydrogen (secondary N) is 13. The molecule has 9 unspecified atom stereocenters. The SMILES string of the molecule is COCCN(CC(=O)N(CC(=O)N(CC(=O)NC(CO)C(=O)NC(Cc1ccc(O)cc1)C(=O)NC(CO)C(=O)NC(CCSC)C(=O)NC(CCC(=O)O)C(=O)NC(Cc1c[nH]cn1)C(=O)NC(Cc1ccccc1)C(=O)NC(CCCNC(=N)N)C(=O)NC(Cc1c[nH]c2ccccc12)C(C)=O)c1ccccc1)Cc1ccccc1)C(C)=O. The number of aliphatic carboxylic acids is 1. The molecule has 0 aliphatic rings. The molecular formula is C82H104N18O19S. The molecule has 38 heteroatoms. The number of aromatic hydroxyl groups is 1. The molecule has 7 rings (SSSR count). The number of carboxylic acids is 1. The first kappa shape index (κ1) is 94.1. The lowest BCUT2D eigenvalue weighted by Crippen LogP contribution is -2.61. The van der Waals surface area contributed by atoms with Crippen LogP contribution in [-0.4, -0.2) is 260 Å². The number of phenolic OH excluding ortho intramolecular Hbond substituents is 1. The van der Waals surface area contributed by atoms with Gasteiger partial charge in [0.15, 0.2) is 11.7 Å². The fourth-order valence-electron chi connectivity index (χ4n) is 12.6. The fourth-order valence-corrected chi connectivity index (χ4v) is 13.1. The van der Waals surface area contributed by atoms with Crippen LogP contribution in [0.4, 0.5) is 5.69 Å². The Morgan fingerprint density at radius 2 is 1.02 bits per heavy atom. The molecule has 7 aromatic rings. The number of anilines is 1. The standard InChI is InChI=1S/C82H104N18O19S/c1-50(103)64(39-55-41-87-60-24-15-14-23-59(55)60)93-74(111)61(25-16-33-86-82(83)84)90-77(114)65(37-52-17-8-5-9-18-52)94-79(116)67(40-56-42-85-49-88-56)96-75(112)62(30-31-73(109)110)91-76(113)63(32-36-120-4)92-81(118)69(48-102)97-78(115)66(38-53-26-28-58(105)29-27-53)95-80(117)68(47-101)89-70(106)44-100(57-21-12-7-13-22-57)72(108)46-99(43-54-19-10-6-11-20-54)71(107)45-98(51(2)104)34-35-119-3/h5-15,17-24,26-29,41-42,49,61-69,87,101-102,105H,16,25,30-40,43-48H2,1-4H3,(H,85,88)(H,89,106)(H,90,114)(H,91,113)(H,92,118)(H,93,111)(H,94,116)(H,95,117)(H,96,112)(H,97,115)(H,109,110)(H4,83,84,86). The molecule has 120 heavy (non-hydrogen) atoms. The molecule has 0 bridgehead atoms. The number of ketones is 1. The monoisotopic (exact) mass is 1680 g/mol. The minimum atomic E-state index is -1.92. The molecule has 37 nitrogen and oxygen atoms in total. The van der Waals surface area contributed by atoms with Gasteiger partial charge < -0.3 is 109 Å². The average molecular weight is 1680 g/mol. The number of aromatic amines is 2. The Labute approximate surface area is 696 Å². The van der Waals surface area contributed by atoms with Gasteiger partial charge in [0.05, 0.1) is 44.4 Å². The van der Waals surface area contributed by atoms with Gasteiger partial charge >= 0.3 is 5.97 Å². The maximum absolute atomic E-state index is 14.9. The molecule has 0 aliphatic carbocycles. The van der Waals surface area contributed by atoms with Crippen molar-refractivity contribution in [2.45, 2.75) is 133 Å². The Hall–Kier alpha value is -13.1. The first-order valence-electron chi connectivity index (χ1n) is 38.6. The summed E-state index contributed by atoms with van der Waals surface area (Å²) in [6, 6.07) is 23.2. The van der Waals surface area contributed by atoms with Gasteiger partial charge in [-0.2, -0.15) is 11.8 Å². The molecule has 2 heterocycles. The van der Waals surface area contributed by atoms with E-state index in [2.05, 4.69) is 68.1 Å². The Morgan fingerprint density at radius 1 is 0.533 bits per heavy atom. The number of hydrogen-bond donors (Lipinski definition) is 18. The summed E-state index contributed by atoms with van der Waals surface area (Å²) in [4.78, 5) is 211. The van der Waals surface area contributed by atoms with Crippen LogP contribution in [-0.2, 0) is 104 Å². The van der Waals surface area contributed by atoms with Crippen LogP contribution in [0, 0.1) is 5.41 Å². The molecule has 0 fully saturated rings. The number of amides is 12. The first-order chi connectivity index (χ1) is 57.6. The average Bonchev–Trinajstić information content (AvgIpc) is 1.54. The lowest BCUT2D eigenvalue weighted by atomic mass is 10.0. The first-order valence-corrected chi connectivity index (χ1v) is 40.0. The van der Waals surface area contributed by atoms with E-state index in [1.165, 1.54) is 91.4 Å². The molecule has 0 radical (unpaired) electrons. The molecule has 0 spiro atoms. The van der Waals surface area contributed by atoms with Crippen molar-refractivity contribution in [2.24, 2.45) is 5.73 Å². The molecule has 2 aromatic heterocycles. The van der Waals surface area contributed by atoms with E-state index in [4.69, 9.17) is 15.9 Å². The van der Waals surface area contributed by atoms with Crippen molar-refractivity contribution in [3.63, 3.8) is 0 Å². The minimum Gasteiger partial charge on any atom is -0.508 e. The summed E-state index contributed by atoms with van der Waals surface area (Å²) in [5.74, 6) is -13.4. The van der Waals surface area contributed by atoms with Gasteiger partial charge in [-0.1, -0.05) is 109 Å². The Balaban J connectivity index is 1.07. The van der Waals surface area contributed by atoms with Crippen molar-refractivity contribution in [2.75, 3.05) is 76.6 Å². The lowest BCUT2D eigenvalue weighted by Gasteiger charge is -2.30. The molecule has 642 valence electrons. The highest BCUT2D eigenvalue weighted by atomic mass is 32.2. The zero-order chi connectivity index (χ0) is 87.2. The highest BCUT2D eigenvalue weighted by molar-refractivity contribution is 7.98. The number of ether oxygens (including phenoxy) is 1. The number of carbonyl (C=O) groups is 14. The summed E-state index contributed by atoms with van der Waals surface area (Å²) in [5.41, 5.74) is 8.94. The molecule has 0 aliphatic heterocycles. The zero-order valence-electron chi connectivity index (χ0n) is 66.8. The summed E-state index contributed by atoms with van der Waals surface area (Å²) in [5, 5.41) is 75.6. The molecule has 5 aromatic carbocycles. The van der Waals surface area contributed by atoms with E-state index in [1.54, 1.807) is 91.3 Å². The van der Waals surface area contributed by atoms with Crippen molar-refractivity contribution < 1.29 is 92.3 Å². The van der Waals surface area contributed by atoms with Crippen LogP contribution in [0.1, 0.15) is 73.9 Å². The van der Waals surface area contributed by atoms with Crippen molar-refractivity contribution in [3.05, 3.63) is 186 Å². The highest BCUT2D eigenvalue weighted by Gasteiger charge is 2.37. The number of carboxylic acid groups (broad SMARTS) is 1. The van der Waals surface area contributed by atoms with Crippen LogP contribution < -0.4 is 63.8 Å². The number of hydrogen-bond acceptors (Lipinski definition) is 21. The summed E-state index contributed by atoms with van der Waals surface area (Å²) in [7, 11) is 1.43. The third kappa shape index (κ3) is 30.8. The number of benzene rings is 5. The number of phenols is 1. The summed E-state index contributed by atoms with van der Waals surface area (Å²) >= 11 is 1.22. The number of rotatable bonds is 50. The second-order valence-electron chi connectivity index (χ2n) is 28.2. The van der Waals surface area contributed by atoms with E-state index < -0.39 is 183 Å². The third-order valence-electron chi connectivity index (χ3n) is 19.1. The quantitative estimate of drug-likeness (QED) is 0.0127. The second-order valence-corrected chi connectivity index (χ2v) is 29.1. The number of aromatic nitrogens is 3. The normalized spacial score (nSPS) is 13.2. The number of guanidine groups is 1. The number of nitrogens with two attached hydrogens (primary N) is 1. The largest absolute Gasteiger partial charge is 0.508 e. The predicted molar refractivity (Wildman–Crippen MR) is 442 cm³/mol. The van der Waals surface area contributed by atoms with Gasteiger partial charge in [-0.15, -0.1) is 0 Å². The van der Waals surface area contributed by atoms with Crippen LogP contribution in [0.5, 0.6) is 5.75 Å². The number of thioether (sulfide) groups is 1. The van der Waals surface area contributed by atoms with Crippen molar-refractivity contribution in [1.29, 1.82) is 5.41 Å². The van der Waals surface area contributed by atoms with Crippen LogP contribution in [0.25, 0.3) is 10.9 Å². The van der Waals surface area contributed by atoms with Crippen LogP contribution in [0.15, 0.2) is 158 Å². The Bertz CT molecular complexity index is 4610. The van der Waals surface area contributed by atoms with Crippen LogP contribution in [0.3, 0.4) is 0 Å². The van der Waals surface area contributed by atoms with Gasteiger partial charge in [-0.25, -0.2) is 4.98 Å². The molecule has 0 saturated carbocycles. The van der Waals surface area contributed by atoms with E-state index in [0.717, 1.165) is 21.4 Å². The van der Waals surface area contributed by atoms with E-state index in [0.29, 0.717) is 16.7 Å². The fraction of sp³-hybridized carbons (Fsp3) is 0.390. The number of aliphatic hydroxyl groups is 2. The van der Waals surface area contributed by atoms with Crippen molar-refractivity contribution in [1.82, 2.24) is 77.9 Å². The summed E-state index contributed by atoms with van der Waals surface area (Å²) < 4.78 is 5.13. The molecule has 0 saturated heterocycles. The number of carbonyl (C=O) groups excluding carboxylic acids is 13. The van der Waals surface area contributed by atoms with Gasteiger partial charge in [0.25, 0.3) is 0 Å². The number of imidazole rings is 1. The van der Waals surface area contributed by atoms with E-state index in [-0.39, 0.29) is 99.4 Å². The third-order valence-corrected chi connectivity index (χ3v) is 19.8.